The van der Waals surface area contributed by atoms with Gasteiger partial charge in [0.15, 0.2) is 5.78 Å². The molecule has 0 aromatic heterocycles. The van der Waals surface area contributed by atoms with E-state index in [1.807, 2.05) is 18.2 Å². The fraction of sp³-hybridized carbons (Fsp3) is 0.182. The summed E-state index contributed by atoms with van der Waals surface area (Å²) in [5.41, 5.74) is 2.92. The van der Waals surface area contributed by atoms with Gasteiger partial charge >= 0.3 is 0 Å². The normalized spacial score (nSPS) is 13.5. The zero-order valence-corrected chi connectivity index (χ0v) is 7.90. The number of aryl methyl sites for hydroxylation is 1. The Hall–Kier alpha value is -1.20. The number of carbonyl (C=O) groups is 1. The van der Waals surface area contributed by atoms with Gasteiger partial charge in [-0.15, -0.1) is 0 Å². The first kappa shape index (κ1) is 8.40. The molecule has 1 aliphatic rings. The Bertz CT molecular complexity index is 423. The predicted octanol–water partition coefficient (Wildman–Crippen LogP) is 2.05. The van der Waals surface area contributed by atoms with E-state index in [1.54, 1.807) is 0 Å². The minimum absolute atomic E-state index is 0.250. The van der Waals surface area contributed by atoms with E-state index in [9.17, 15) is 4.79 Å². The third-order valence-electron chi connectivity index (χ3n) is 2.23. The van der Waals surface area contributed by atoms with Gasteiger partial charge in [0.25, 0.3) is 0 Å². The van der Waals surface area contributed by atoms with Crippen LogP contribution in [0.25, 0.3) is 0 Å². The van der Waals surface area contributed by atoms with E-state index in [4.69, 9.17) is 0 Å². The molecule has 13 heavy (non-hydrogen) atoms. The van der Waals surface area contributed by atoms with Gasteiger partial charge in [0.2, 0.25) is 0 Å². The molecule has 0 spiro atoms. The van der Waals surface area contributed by atoms with Gasteiger partial charge in [0.05, 0.1) is 0 Å². The molecule has 64 valence electrons. The lowest BCUT2D eigenvalue weighted by Gasteiger charge is -1.96. The summed E-state index contributed by atoms with van der Waals surface area (Å²) in [7, 11) is 0. The number of hydrogen-bond acceptors (Lipinski definition) is 2. The Morgan fingerprint density at radius 3 is 2.92 bits per heavy atom. The van der Waals surface area contributed by atoms with Gasteiger partial charge in [-0.05, 0) is 35.4 Å². The van der Waals surface area contributed by atoms with Crippen molar-refractivity contribution in [2.75, 3.05) is 0 Å². The molecular weight excluding hydrogens is 180 g/mol. The van der Waals surface area contributed by atoms with Crippen molar-refractivity contribution < 1.29 is 4.79 Å². The van der Waals surface area contributed by atoms with Crippen LogP contribution in [-0.2, 0) is 6.42 Å². The lowest BCUT2D eigenvalue weighted by Crippen LogP contribution is -1.90. The van der Waals surface area contributed by atoms with Crippen LogP contribution in [0.2, 0.25) is 0 Å². The fourth-order valence-electron chi connectivity index (χ4n) is 1.60. The first-order chi connectivity index (χ1) is 6.31. The number of hydrogen-bond donors (Lipinski definition) is 1. The topological polar surface area (TPSA) is 17.1 Å². The molecule has 0 bridgehead atoms. The molecule has 0 saturated carbocycles. The molecule has 1 aromatic rings. The zero-order valence-electron chi connectivity index (χ0n) is 7.00. The number of fused-ring (bicyclic) bond motifs is 1. The Morgan fingerprint density at radius 1 is 1.31 bits per heavy atom. The van der Waals surface area contributed by atoms with Crippen LogP contribution in [0.4, 0.5) is 0 Å². The highest BCUT2D eigenvalue weighted by Gasteiger charge is 2.18. The summed E-state index contributed by atoms with van der Waals surface area (Å²) in [6.45, 7) is 0. The van der Waals surface area contributed by atoms with Gasteiger partial charge in [-0.3, -0.25) is 4.79 Å². The molecule has 1 aromatic carbocycles. The summed E-state index contributed by atoms with van der Waals surface area (Å²) in [5, 5.41) is 2.55. The summed E-state index contributed by atoms with van der Waals surface area (Å²) < 4.78 is 0. The first-order valence-corrected chi connectivity index (χ1v) is 4.57. The standard InChI is InChI=1S/C11H8OS/c12-11-4-2-9-7-8(5-6-13)1-3-10(9)11/h1,3,7,13H,2,4H2. The van der Waals surface area contributed by atoms with Crippen LogP contribution in [0.1, 0.15) is 27.9 Å². The van der Waals surface area contributed by atoms with Crippen molar-refractivity contribution in [3.05, 3.63) is 34.9 Å². The Kier molecular flexibility index (Phi) is 2.12. The molecule has 0 unspecified atom stereocenters. The third-order valence-corrected chi connectivity index (χ3v) is 2.34. The number of benzene rings is 1. The molecule has 0 atom stereocenters. The summed E-state index contributed by atoms with van der Waals surface area (Å²) in [4.78, 5) is 11.3. The average Bonchev–Trinajstić information content (AvgIpc) is 2.48. The predicted molar refractivity (Wildman–Crippen MR) is 55.0 cm³/mol. The number of thiol groups is 1. The molecular formula is C11H8OS. The Labute approximate surface area is 82.6 Å². The molecule has 2 rings (SSSR count). The highest BCUT2D eigenvalue weighted by molar-refractivity contribution is 7.85. The quantitative estimate of drug-likeness (QED) is 0.487. The van der Waals surface area contributed by atoms with Crippen LogP contribution < -0.4 is 0 Å². The molecule has 1 nitrogen and oxygen atoms in total. The summed E-state index contributed by atoms with van der Waals surface area (Å²) in [5.74, 6) is 3.11. The van der Waals surface area contributed by atoms with Crippen molar-refractivity contribution in [2.24, 2.45) is 0 Å². The van der Waals surface area contributed by atoms with E-state index in [1.165, 1.54) is 0 Å². The first-order valence-electron chi connectivity index (χ1n) is 4.12. The maximum Gasteiger partial charge on any atom is 0.163 e. The van der Waals surface area contributed by atoms with Crippen LogP contribution in [0.3, 0.4) is 0 Å². The summed E-state index contributed by atoms with van der Waals surface area (Å²) in [6.07, 6.45) is 1.50. The second kappa shape index (κ2) is 3.27. The van der Waals surface area contributed by atoms with Gasteiger partial charge in [-0.25, -0.2) is 0 Å². The van der Waals surface area contributed by atoms with E-state index < -0.39 is 0 Å². The van der Waals surface area contributed by atoms with Crippen LogP contribution in [-0.4, -0.2) is 5.78 Å². The second-order valence-corrected chi connectivity index (χ2v) is 3.26. The van der Waals surface area contributed by atoms with E-state index in [2.05, 4.69) is 23.8 Å². The molecule has 2 heteroatoms. The number of ketones is 1. The van der Waals surface area contributed by atoms with E-state index in [-0.39, 0.29) is 5.78 Å². The van der Waals surface area contributed by atoms with Gasteiger partial charge in [-0.1, -0.05) is 18.5 Å². The van der Waals surface area contributed by atoms with Crippen molar-refractivity contribution in [3.8, 4) is 11.2 Å². The lowest BCUT2D eigenvalue weighted by molar-refractivity contribution is 0.0994. The highest BCUT2D eigenvalue weighted by atomic mass is 32.1. The third kappa shape index (κ3) is 1.48. The number of rotatable bonds is 0. The van der Waals surface area contributed by atoms with Crippen LogP contribution in [0, 0.1) is 11.2 Å². The molecule has 0 N–H and O–H groups in total. The van der Waals surface area contributed by atoms with Crippen LogP contribution in [0.5, 0.6) is 0 Å². The van der Waals surface area contributed by atoms with Gasteiger partial charge < -0.3 is 0 Å². The average molecular weight is 188 g/mol. The van der Waals surface area contributed by atoms with E-state index in [0.717, 1.165) is 23.1 Å². The van der Waals surface area contributed by atoms with Crippen molar-refractivity contribution in [1.82, 2.24) is 0 Å². The largest absolute Gasteiger partial charge is 0.294 e. The molecule has 0 aliphatic heterocycles. The van der Waals surface area contributed by atoms with Gasteiger partial charge in [0.1, 0.15) is 0 Å². The molecule has 0 amide bonds. The van der Waals surface area contributed by atoms with Gasteiger partial charge in [0, 0.05) is 17.5 Å². The molecule has 0 saturated heterocycles. The Balaban J connectivity index is 2.49. The molecule has 0 fully saturated rings. The highest BCUT2D eigenvalue weighted by Crippen LogP contribution is 2.22. The maximum absolute atomic E-state index is 11.3. The SMILES string of the molecule is O=C1CCc2cc(C#CS)ccc21. The van der Waals surface area contributed by atoms with E-state index in [0.29, 0.717) is 6.42 Å². The second-order valence-electron chi connectivity index (χ2n) is 3.03. The smallest absolute Gasteiger partial charge is 0.163 e. The zero-order chi connectivity index (χ0) is 9.26. The number of carbonyl (C=O) groups excluding carboxylic acids is 1. The van der Waals surface area contributed by atoms with Crippen LogP contribution in [0.15, 0.2) is 18.2 Å². The maximum atomic E-state index is 11.3. The summed E-state index contributed by atoms with van der Waals surface area (Å²) in [6, 6.07) is 5.70. The van der Waals surface area contributed by atoms with Crippen LogP contribution >= 0.6 is 12.6 Å². The summed E-state index contributed by atoms with van der Waals surface area (Å²) >= 11 is 3.83. The van der Waals surface area contributed by atoms with Crippen molar-refractivity contribution in [2.45, 2.75) is 12.8 Å². The molecule has 0 heterocycles. The van der Waals surface area contributed by atoms with Gasteiger partial charge in [-0.2, -0.15) is 0 Å². The molecule has 1 aliphatic carbocycles. The van der Waals surface area contributed by atoms with Crippen molar-refractivity contribution in [3.63, 3.8) is 0 Å². The van der Waals surface area contributed by atoms with E-state index >= 15 is 0 Å². The Morgan fingerprint density at radius 2 is 2.15 bits per heavy atom. The van der Waals surface area contributed by atoms with Crippen molar-refractivity contribution >= 4 is 18.4 Å². The minimum Gasteiger partial charge on any atom is -0.294 e. The molecule has 0 radical (unpaired) electrons. The minimum atomic E-state index is 0.250. The number of Topliss-reactive ketones (excluding diaryl/α,β-unsaturated/α-hetero) is 1. The van der Waals surface area contributed by atoms with Crippen molar-refractivity contribution in [1.29, 1.82) is 0 Å². The lowest BCUT2D eigenvalue weighted by atomic mass is 10.1. The monoisotopic (exact) mass is 188 g/mol. The fourth-order valence-corrected chi connectivity index (χ4v) is 1.73.